The van der Waals surface area contributed by atoms with Crippen LogP contribution in [0.2, 0.25) is 0 Å². The number of fused-ring (bicyclic) bond motifs is 7. The van der Waals surface area contributed by atoms with E-state index < -0.39 is 0 Å². The summed E-state index contributed by atoms with van der Waals surface area (Å²) < 4.78 is 0. The van der Waals surface area contributed by atoms with E-state index in [2.05, 4.69) is 121 Å². The van der Waals surface area contributed by atoms with E-state index in [9.17, 15) is 5.26 Å². The molecule has 40 heavy (non-hydrogen) atoms. The average molecular weight is 504 g/mol. The van der Waals surface area contributed by atoms with Crippen LogP contribution in [-0.2, 0) is 0 Å². The van der Waals surface area contributed by atoms with Crippen molar-refractivity contribution in [3.05, 3.63) is 133 Å². The van der Waals surface area contributed by atoms with Crippen LogP contribution in [0.25, 0.3) is 86.9 Å². The fourth-order valence-electron chi connectivity index (χ4n) is 7.14. The molecule has 1 heteroatoms. The predicted molar refractivity (Wildman–Crippen MR) is 169 cm³/mol. The lowest BCUT2D eigenvalue weighted by atomic mass is 9.88. The summed E-state index contributed by atoms with van der Waals surface area (Å²) in [4.78, 5) is 0. The molecule has 0 radical (unpaired) electrons. The van der Waals surface area contributed by atoms with Crippen LogP contribution in [-0.4, -0.2) is 0 Å². The zero-order valence-electron chi connectivity index (χ0n) is 21.6. The van der Waals surface area contributed by atoms with Crippen LogP contribution in [0.3, 0.4) is 0 Å². The Labute approximate surface area is 230 Å². The van der Waals surface area contributed by atoms with E-state index in [0.717, 1.165) is 5.56 Å². The van der Waals surface area contributed by atoms with Gasteiger partial charge in [0.05, 0.1) is 11.6 Å². The van der Waals surface area contributed by atoms with Crippen molar-refractivity contribution in [2.45, 2.75) is 0 Å². The standard InChI is InChI=1S/C39H21N/c40-22-23-16-18-24(19-17-23)27-20-32-28-12-4-5-13-29(28)37-36(32)33(21-27)35(26-8-2-1-3-9-26)38-30-14-6-10-25-11-7-15-31(34(25)30)39(37)38/h1-21H. The summed E-state index contributed by atoms with van der Waals surface area (Å²) in [5, 5.41) is 25.2. The van der Waals surface area contributed by atoms with Crippen molar-refractivity contribution in [3.63, 3.8) is 0 Å². The van der Waals surface area contributed by atoms with Gasteiger partial charge in [-0.15, -0.1) is 0 Å². The van der Waals surface area contributed by atoms with Crippen molar-refractivity contribution in [1.82, 2.24) is 0 Å². The molecule has 9 aromatic rings. The van der Waals surface area contributed by atoms with Gasteiger partial charge in [0.25, 0.3) is 0 Å². The van der Waals surface area contributed by atoms with E-state index in [0.29, 0.717) is 5.56 Å². The third-order valence-electron chi connectivity index (χ3n) is 8.75. The Morgan fingerprint density at radius 2 is 1.00 bits per heavy atom. The first-order valence-corrected chi connectivity index (χ1v) is 13.7. The first-order valence-electron chi connectivity index (χ1n) is 13.7. The van der Waals surface area contributed by atoms with E-state index in [1.807, 2.05) is 12.1 Å². The zero-order valence-corrected chi connectivity index (χ0v) is 21.6. The molecule has 9 rings (SSSR count). The SMILES string of the molecule is N#Cc1ccc(-c2cc3c(-c4ccccc4)c4c5cccc6cccc(c65)c4c4c5ccccc5c(c2)c34)cc1. The lowest BCUT2D eigenvalue weighted by molar-refractivity contribution is 1.48. The molecule has 0 spiro atoms. The van der Waals surface area contributed by atoms with Crippen LogP contribution in [0.15, 0.2) is 127 Å². The van der Waals surface area contributed by atoms with Crippen molar-refractivity contribution in [2.24, 2.45) is 0 Å². The van der Waals surface area contributed by atoms with Gasteiger partial charge in [-0.25, -0.2) is 0 Å². The fraction of sp³-hybridized carbons (Fsp3) is 0. The monoisotopic (exact) mass is 503 g/mol. The highest BCUT2D eigenvalue weighted by molar-refractivity contribution is 6.48. The van der Waals surface area contributed by atoms with Crippen LogP contribution < -0.4 is 0 Å². The summed E-state index contributed by atoms with van der Waals surface area (Å²) in [6.45, 7) is 0. The summed E-state index contributed by atoms with van der Waals surface area (Å²) >= 11 is 0. The normalized spacial score (nSPS) is 12.0. The van der Waals surface area contributed by atoms with E-state index in [4.69, 9.17) is 0 Å². The molecule has 0 fully saturated rings. The van der Waals surface area contributed by atoms with Gasteiger partial charge in [0.1, 0.15) is 0 Å². The molecule has 0 saturated carbocycles. The lowest BCUT2D eigenvalue weighted by Gasteiger charge is -2.14. The Kier molecular flexibility index (Phi) is 4.18. The highest BCUT2D eigenvalue weighted by Gasteiger charge is 2.25. The minimum Gasteiger partial charge on any atom is -0.192 e. The third-order valence-corrected chi connectivity index (χ3v) is 8.75. The molecule has 0 aliphatic carbocycles. The van der Waals surface area contributed by atoms with E-state index in [1.165, 1.54) is 81.3 Å². The molecule has 0 amide bonds. The second kappa shape index (κ2) is 7.79. The molecule has 0 saturated heterocycles. The third kappa shape index (κ3) is 2.70. The van der Waals surface area contributed by atoms with E-state index in [-0.39, 0.29) is 0 Å². The smallest absolute Gasteiger partial charge is 0.0991 e. The Morgan fingerprint density at radius 3 is 1.75 bits per heavy atom. The molecule has 182 valence electrons. The molecular weight excluding hydrogens is 482 g/mol. The summed E-state index contributed by atoms with van der Waals surface area (Å²) in [6.07, 6.45) is 0. The Bertz CT molecular complexity index is 2460. The first-order chi connectivity index (χ1) is 19.8. The van der Waals surface area contributed by atoms with Gasteiger partial charge < -0.3 is 0 Å². The van der Waals surface area contributed by atoms with E-state index >= 15 is 0 Å². The highest BCUT2D eigenvalue weighted by Crippen LogP contribution is 2.53. The molecule has 0 atom stereocenters. The highest BCUT2D eigenvalue weighted by atomic mass is 14.3. The minimum absolute atomic E-state index is 0.676. The summed E-state index contributed by atoms with van der Waals surface area (Å²) in [6, 6.07) is 48.2. The maximum atomic E-state index is 9.38. The summed E-state index contributed by atoms with van der Waals surface area (Å²) in [5.74, 6) is 0. The van der Waals surface area contributed by atoms with Crippen LogP contribution >= 0.6 is 0 Å². The van der Waals surface area contributed by atoms with Gasteiger partial charge in [0, 0.05) is 0 Å². The van der Waals surface area contributed by atoms with Gasteiger partial charge in [-0.3, -0.25) is 0 Å². The number of nitriles is 1. The molecule has 0 heterocycles. The van der Waals surface area contributed by atoms with Crippen molar-refractivity contribution >= 4 is 64.6 Å². The van der Waals surface area contributed by atoms with Crippen molar-refractivity contribution in [2.75, 3.05) is 0 Å². The number of hydrogen-bond acceptors (Lipinski definition) is 1. The topological polar surface area (TPSA) is 23.8 Å². The van der Waals surface area contributed by atoms with Crippen molar-refractivity contribution < 1.29 is 0 Å². The van der Waals surface area contributed by atoms with Crippen molar-refractivity contribution in [3.8, 4) is 28.3 Å². The largest absolute Gasteiger partial charge is 0.192 e. The lowest BCUT2D eigenvalue weighted by Crippen LogP contribution is -1.87. The number of hydrogen-bond donors (Lipinski definition) is 0. The summed E-state index contributed by atoms with van der Waals surface area (Å²) in [7, 11) is 0. The second-order valence-electron chi connectivity index (χ2n) is 10.8. The predicted octanol–water partition coefficient (Wildman–Crippen LogP) is 10.7. The second-order valence-corrected chi connectivity index (χ2v) is 10.8. The van der Waals surface area contributed by atoms with Crippen LogP contribution in [0.4, 0.5) is 0 Å². The Hall–Kier alpha value is -5.45. The van der Waals surface area contributed by atoms with Gasteiger partial charge in [-0.05, 0) is 111 Å². The minimum atomic E-state index is 0.676. The summed E-state index contributed by atoms with van der Waals surface area (Å²) in [5.41, 5.74) is 5.49. The van der Waals surface area contributed by atoms with Gasteiger partial charge in [0.2, 0.25) is 0 Å². The number of benzene rings is 7. The van der Waals surface area contributed by atoms with Gasteiger partial charge in [-0.1, -0.05) is 103 Å². The maximum Gasteiger partial charge on any atom is 0.0991 e. The Balaban J connectivity index is 1.61. The maximum absolute atomic E-state index is 9.38. The molecule has 0 unspecified atom stereocenters. The first kappa shape index (κ1) is 21.5. The average Bonchev–Trinajstić information content (AvgIpc) is 3.53. The zero-order chi connectivity index (χ0) is 26.4. The van der Waals surface area contributed by atoms with Gasteiger partial charge in [-0.2, -0.15) is 5.26 Å². The quantitative estimate of drug-likeness (QED) is 0.230. The molecule has 1 nitrogen and oxygen atoms in total. The molecule has 9 aromatic carbocycles. The van der Waals surface area contributed by atoms with Gasteiger partial charge >= 0.3 is 0 Å². The molecule has 0 aliphatic heterocycles. The fourth-order valence-corrected chi connectivity index (χ4v) is 7.14. The Morgan fingerprint density at radius 1 is 0.375 bits per heavy atom. The number of rotatable bonds is 2. The number of nitrogens with zero attached hydrogens (tertiary/aromatic N) is 1. The van der Waals surface area contributed by atoms with Crippen LogP contribution in [0, 0.1) is 11.3 Å². The van der Waals surface area contributed by atoms with E-state index in [1.54, 1.807) is 0 Å². The molecule has 0 bridgehead atoms. The molecule has 0 aliphatic rings. The molecule has 0 N–H and O–H groups in total. The van der Waals surface area contributed by atoms with Crippen molar-refractivity contribution in [1.29, 1.82) is 5.26 Å². The van der Waals surface area contributed by atoms with Crippen LogP contribution in [0.1, 0.15) is 5.56 Å². The van der Waals surface area contributed by atoms with Crippen LogP contribution in [0.5, 0.6) is 0 Å². The molecule has 0 aromatic heterocycles. The van der Waals surface area contributed by atoms with Gasteiger partial charge in [0.15, 0.2) is 0 Å². The molecular formula is C39H21N.